The Morgan fingerprint density at radius 3 is 2.47 bits per heavy atom. The number of carbonyl (C=O) groups excluding carboxylic acids is 1. The quantitative estimate of drug-likeness (QED) is 0.645. The molecule has 1 saturated carbocycles. The van der Waals surface area contributed by atoms with Crippen molar-refractivity contribution in [2.45, 2.75) is 32.6 Å². The number of carbonyl (C=O) groups is 1. The summed E-state index contributed by atoms with van der Waals surface area (Å²) < 4.78 is 0. The molecule has 17 heavy (non-hydrogen) atoms. The molecule has 1 aliphatic carbocycles. The molecule has 2 N–H and O–H groups in total. The Hall–Kier alpha value is -0.450. The summed E-state index contributed by atoms with van der Waals surface area (Å²) in [4.78, 5) is 13.4. The zero-order valence-electron chi connectivity index (χ0n) is 10.8. The van der Waals surface area contributed by atoms with Crippen LogP contribution in [0.5, 0.6) is 0 Å². The summed E-state index contributed by atoms with van der Waals surface area (Å²) in [5.41, 5.74) is -0.262. The zero-order valence-corrected chi connectivity index (χ0v) is 10.8. The molecule has 0 amide bonds. The van der Waals surface area contributed by atoms with Crippen molar-refractivity contribution in [2.75, 3.05) is 32.8 Å². The van der Waals surface area contributed by atoms with Gasteiger partial charge in [-0.05, 0) is 18.8 Å². The molecule has 0 aromatic heterocycles. The summed E-state index contributed by atoms with van der Waals surface area (Å²) in [7, 11) is 0. The van der Waals surface area contributed by atoms with Crippen LogP contribution in [0.2, 0.25) is 0 Å². The van der Waals surface area contributed by atoms with Crippen molar-refractivity contribution in [3.8, 4) is 0 Å². The fourth-order valence-electron chi connectivity index (χ4n) is 2.99. The van der Waals surface area contributed by atoms with Gasteiger partial charge < -0.3 is 15.0 Å². The Labute approximate surface area is 104 Å². The molecule has 2 unspecified atom stereocenters. The largest absolute Gasteiger partial charge is 0.395 e. The van der Waals surface area contributed by atoms with Gasteiger partial charge in [0, 0.05) is 25.0 Å². The molecular weight excluding hydrogens is 218 g/mol. The summed E-state index contributed by atoms with van der Waals surface area (Å²) in [6.07, 6.45) is 5.28. The standard InChI is InChI=1S/C13H25NO3/c1-12-3-2-4-13(9-12,11-17)10-14(5-7-15)6-8-16/h11-12,15-16H,2-10H2,1H3. The van der Waals surface area contributed by atoms with E-state index >= 15 is 0 Å². The van der Waals surface area contributed by atoms with Crippen LogP contribution in [0.3, 0.4) is 0 Å². The number of aliphatic hydroxyl groups is 2. The molecule has 2 atom stereocenters. The van der Waals surface area contributed by atoms with Crippen LogP contribution in [0.15, 0.2) is 0 Å². The molecule has 4 nitrogen and oxygen atoms in total. The van der Waals surface area contributed by atoms with Gasteiger partial charge in [0.1, 0.15) is 6.29 Å². The molecule has 0 aliphatic heterocycles. The number of aliphatic hydroxyl groups excluding tert-OH is 2. The smallest absolute Gasteiger partial charge is 0.127 e. The van der Waals surface area contributed by atoms with Gasteiger partial charge >= 0.3 is 0 Å². The van der Waals surface area contributed by atoms with Crippen LogP contribution in [0.4, 0.5) is 0 Å². The zero-order chi connectivity index (χ0) is 12.7. The summed E-state index contributed by atoms with van der Waals surface area (Å²) in [6.45, 7) is 4.08. The monoisotopic (exact) mass is 243 g/mol. The first-order chi connectivity index (χ1) is 8.15. The third-order valence-electron chi connectivity index (χ3n) is 3.75. The number of hydrogen-bond donors (Lipinski definition) is 2. The first kappa shape index (κ1) is 14.6. The molecule has 1 rings (SSSR count). The minimum atomic E-state index is -0.262. The first-order valence-electron chi connectivity index (χ1n) is 6.56. The van der Waals surface area contributed by atoms with Gasteiger partial charge in [0.15, 0.2) is 0 Å². The predicted molar refractivity (Wildman–Crippen MR) is 66.7 cm³/mol. The third kappa shape index (κ3) is 4.37. The molecule has 1 aliphatic rings. The van der Waals surface area contributed by atoms with E-state index in [9.17, 15) is 4.79 Å². The van der Waals surface area contributed by atoms with Crippen molar-refractivity contribution < 1.29 is 15.0 Å². The van der Waals surface area contributed by atoms with Gasteiger partial charge in [-0.1, -0.05) is 19.8 Å². The Balaban J connectivity index is 2.61. The van der Waals surface area contributed by atoms with Gasteiger partial charge in [0.2, 0.25) is 0 Å². The summed E-state index contributed by atoms with van der Waals surface area (Å²) >= 11 is 0. The molecule has 0 aromatic carbocycles. The number of rotatable bonds is 7. The van der Waals surface area contributed by atoms with E-state index < -0.39 is 0 Å². The van der Waals surface area contributed by atoms with Gasteiger partial charge in [-0.25, -0.2) is 0 Å². The fourth-order valence-corrected chi connectivity index (χ4v) is 2.99. The van der Waals surface area contributed by atoms with E-state index in [4.69, 9.17) is 10.2 Å². The third-order valence-corrected chi connectivity index (χ3v) is 3.75. The molecule has 0 bridgehead atoms. The molecule has 0 radical (unpaired) electrons. The summed E-state index contributed by atoms with van der Waals surface area (Å²) in [6, 6.07) is 0. The van der Waals surface area contributed by atoms with Crippen LogP contribution >= 0.6 is 0 Å². The molecule has 0 aromatic rings. The molecule has 1 fully saturated rings. The van der Waals surface area contributed by atoms with E-state index in [1.165, 1.54) is 6.42 Å². The predicted octanol–water partition coefficient (Wildman–Crippen LogP) is 0.668. The molecule has 0 spiro atoms. The maximum absolute atomic E-state index is 11.4. The van der Waals surface area contributed by atoms with Gasteiger partial charge in [0.25, 0.3) is 0 Å². The van der Waals surface area contributed by atoms with Gasteiger partial charge in [0.05, 0.1) is 13.2 Å². The molecule has 100 valence electrons. The highest BCUT2D eigenvalue weighted by Gasteiger charge is 2.36. The Morgan fingerprint density at radius 1 is 1.35 bits per heavy atom. The second-order valence-corrected chi connectivity index (χ2v) is 5.41. The lowest BCUT2D eigenvalue weighted by Crippen LogP contribution is -2.43. The van der Waals surface area contributed by atoms with Crippen molar-refractivity contribution in [3.63, 3.8) is 0 Å². The summed E-state index contributed by atoms with van der Waals surface area (Å²) in [5.74, 6) is 0.596. The minimum Gasteiger partial charge on any atom is -0.395 e. The Kier molecular flexibility index (Phi) is 6.09. The van der Waals surface area contributed by atoms with Crippen molar-refractivity contribution in [3.05, 3.63) is 0 Å². The van der Waals surface area contributed by atoms with E-state index in [0.717, 1.165) is 25.5 Å². The van der Waals surface area contributed by atoms with Gasteiger partial charge in [-0.2, -0.15) is 0 Å². The topological polar surface area (TPSA) is 60.8 Å². The Morgan fingerprint density at radius 2 is 2.00 bits per heavy atom. The van der Waals surface area contributed by atoms with Crippen molar-refractivity contribution in [1.82, 2.24) is 4.90 Å². The molecule has 0 heterocycles. The van der Waals surface area contributed by atoms with E-state index in [2.05, 4.69) is 6.92 Å². The normalized spacial score (nSPS) is 29.5. The fraction of sp³-hybridized carbons (Fsp3) is 0.923. The van der Waals surface area contributed by atoms with Crippen LogP contribution in [-0.4, -0.2) is 54.2 Å². The van der Waals surface area contributed by atoms with Crippen molar-refractivity contribution in [1.29, 1.82) is 0 Å². The Bertz CT molecular complexity index is 229. The van der Waals surface area contributed by atoms with Crippen LogP contribution in [-0.2, 0) is 4.79 Å². The molecule has 4 heteroatoms. The van der Waals surface area contributed by atoms with Crippen LogP contribution < -0.4 is 0 Å². The average Bonchev–Trinajstić information content (AvgIpc) is 2.30. The maximum atomic E-state index is 11.4. The van der Waals surface area contributed by atoms with Crippen LogP contribution in [0.25, 0.3) is 0 Å². The highest BCUT2D eigenvalue weighted by Crippen LogP contribution is 2.38. The van der Waals surface area contributed by atoms with E-state index in [0.29, 0.717) is 25.6 Å². The van der Waals surface area contributed by atoms with Crippen LogP contribution in [0.1, 0.15) is 32.6 Å². The number of aldehydes is 1. The highest BCUT2D eigenvalue weighted by molar-refractivity contribution is 5.60. The van der Waals surface area contributed by atoms with E-state index in [-0.39, 0.29) is 18.6 Å². The summed E-state index contributed by atoms with van der Waals surface area (Å²) in [5, 5.41) is 18.0. The van der Waals surface area contributed by atoms with E-state index in [1.54, 1.807) is 0 Å². The second kappa shape index (κ2) is 7.09. The first-order valence-corrected chi connectivity index (χ1v) is 6.56. The number of nitrogens with zero attached hydrogens (tertiary/aromatic N) is 1. The SMILES string of the molecule is CC1CCCC(C=O)(CN(CCO)CCO)C1. The van der Waals surface area contributed by atoms with E-state index in [1.807, 2.05) is 4.90 Å². The lowest BCUT2D eigenvalue weighted by atomic mass is 9.70. The van der Waals surface area contributed by atoms with Gasteiger partial charge in [-0.15, -0.1) is 0 Å². The molecule has 0 saturated heterocycles. The second-order valence-electron chi connectivity index (χ2n) is 5.41. The lowest BCUT2D eigenvalue weighted by molar-refractivity contribution is -0.120. The highest BCUT2D eigenvalue weighted by atomic mass is 16.3. The maximum Gasteiger partial charge on any atom is 0.127 e. The lowest BCUT2D eigenvalue weighted by Gasteiger charge is -2.39. The van der Waals surface area contributed by atoms with Crippen LogP contribution in [0, 0.1) is 11.3 Å². The minimum absolute atomic E-state index is 0.0739. The average molecular weight is 243 g/mol. The van der Waals surface area contributed by atoms with Crippen molar-refractivity contribution in [2.24, 2.45) is 11.3 Å². The van der Waals surface area contributed by atoms with Crippen molar-refractivity contribution >= 4 is 6.29 Å². The molecular formula is C13H25NO3. The van der Waals surface area contributed by atoms with Gasteiger partial charge in [-0.3, -0.25) is 4.90 Å². The number of hydrogen-bond acceptors (Lipinski definition) is 4.